The molecule has 13 heavy (non-hydrogen) atoms. The second kappa shape index (κ2) is 4.66. The summed E-state index contributed by atoms with van der Waals surface area (Å²) in [6.07, 6.45) is 6.24. The molecule has 0 bridgehead atoms. The van der Waals surface area contributed by atoms with E-state index in [1.807, 2.05) is 13.0 Å². The van der Waals surface area contributed by atoms with Crippen molar-refractivity contribution in [1.82, 2.24) is 0 Å². The maximum Gasteiger partial charge on any atom is -0.0225 e. The normalized spacial score (nSPS) is 12.4. The van der Waals surface area contributed by atoms with Gasteiger partial charge < -0.3 is 0 Å². The molecule has 0 saturated carbocycles. The number of hydrogen-bond acceptors (Lipinski definition) is 0. The standard InChI is InChI=1S/C13H16/c1-4-5-8-12(3)13-9-6-7-11(2)10-13/h4-10H,1-3H3/b5-4-,12-8+. The van der Waals surface area contributed by atoms with E-state index in [0.29, 0.717) is 0 Å². The van der Waals surface area contributed by atoms with Gasteiger partial charge in [0.25, 0.3) is 0 Å². The molecule has 0 radical (unpaired) electrons. The van der Waals surface area contributed by atoms with Gasteiger partial charge in [0.1, 0.15) is 0 Å². The fraction of sp³-hybridized carbons (Fsp3) is 0.231. The van der Waals surface area contributed by atoms with Crippen LogP contribution in [0.15, 0.2) is 42.5 Å². The molecule has 0 unspecified atom stereocenters. The van der Waals surface area contributed by atoms with Crippen molar-refractivity contribution in [3.05, 3.63) is 53.6 Å². The molecule has 0 aromatic heterocycles. The van der Waals surface area contributed by atoms with Crippen LogP contribution in [0.2, 0.25) is 0 Å². The molecule has 0 heterocycles. The van der Waals surface area contributed by atoms with Crippen LogP contribution in [-0.4, -0.2) is 0 Å². The third kappa shape index (κ3) is 2.90. The molecule has 0 amide bonds. The summed E-state index contributed by atoms with van der Waals surface area (Å²) in [5.74, 6) is 0. The smallest absolute Gasteiger partial charge is 0.0225 e. The molecule has 1 aromatic carbocycles. The van der Waals surface area contributed by atoms with E-state index in [0.717, 1.165) is 0 Å². The van der Waals surface area contributed by atoms with Crippen molar-refractivity contribution in [1.29, 1.82) is 0 Å². The Balaban J connectivity index is 2.94. The number of aryl methyl sites for hydroxylation is 1. The van der Waals surface area contributed by atoms with E-state index in [-0.39, 0.29) is 0 Å². The molecule has 0 aliphatic heterocycles. The lowest BCUT2D eigenvalue weighted by Gasteiger charge is -2.01. The molecule has 68 valence electrons. The maximum absolute atomic E-state index is 2.20. The summed E-state index contributed by atoms with van der Waals surface area (Å²) in [6.45, 7) is 6.28. The molecule has 1 rings (SSSR count). The summed E-state index contributed by atoms with van der Waals surface area (Å²) in [4.78, 5) is 0. The number of allylic oxidation sites excluding steroid dienone is 4. The quantitative estimate of drug-likeness (QED) is 0.592. The topological polar surface area (TPSA) is 0 Å². The van der Waals surface area contributed by atoms with Crippen LogP contribution in [-0.2, 0) is 0 Å². The van der Waals surface area contributed by atoms with Crippen LogP contribution in [0.3, 0.4) is 0 Å². The zero-order valence-corrected chi connectivity index (χ0v) is 8.54. The van der Waals surface area contributed by atoms with E-state index in [9.17, 15) is 0 Å². The molecule has 0 spiro atoms. The van der Waals surface area contributed by atoms with Crippen molar-refractivity contribution in [2.75, 3.05) is 0 Å². The molecule has 0 nitrogen and oxygen atoms in total. The second-order valence-corrected chi connectivity index (χ2v) is 3.24. The van der Waals surface area contributed by atoms with Crippen LogP contribution in [0.1, 0.15) is 25.0 Å². The Morgan fingerprint density at radius 1 is 1.31 bits per heavy atom. The Kier molecular flexibility index (Phi) is 3.51. The van der Waals surface area contributed by atoms with Crippen molar-refractivity contribution in [2.45, 2.75) is 20.8 Å². The van der Waals surface area contributed by atoms with E-state index in [1.54, 1.807) is 0 Å². The van der Waals surface area contributed by atoms with Gasteiger partial charge in [0.2, 0.25) is 0 Å². The minimum absolute atomic E-state index is 1.30. The van der Waals surface area contributed by atoms with E-state index in [1.165, 1.54) is 16.7 Å². The first kappa shape index (κ1) is 9.79. The molecule has 1 aromatic rings. The van der Waals surface area contributed by atoms with Gasteiger partial charge in [0, 0.05) is 0 Å². The summed E-state index contributed by atoms with van der Waals surface area (Å²) in [5, 5.41) is 0. The second-order valence-electron chi connectivity index (χ2n) is 3.24. The average Bonchev–Trinajstić information content (AvgIpc) is 2.14. The molecule has 0 saturated heterocycles. The van der Waals surface area contributed by atoms with Gasteiger partial charge in [-0.25, -0.2) is 0 Å². The lowest BCUT2D eigenvalue weighted by molar-refractivity contribution is 1.44. The monoisotopic (exact) mass is 172 g/mol. The summed E-state index contributed by atoms with van der Waals surface area (Å²) in [5.41, 5.74) is 3.92. The van der Waals surface area contributed by atoms with E-state index in [2.05, 4.69) is 50.3 Å². The van der Waals surface area contributed by atoms with Crippen LogP contribution in [0.25, 0.3) is 5.57 Å². The zero-order chi connectivity index (χ0) is 9.68. The van der Waals surface area contributed by atoms with Gasteiger partial charge in [-0.05, 0) is 31.9 Å². The van der Waals surface area contributed by atoms with Crippen molar-refractivity contribution >= 4 is 5.57 Å². The number of hydrogen-bond donors (Lipinski definition) is 0. The van der Waals surface area contributed by atoms with Gasteiger partial charge in [-0.15, -0.1) is 0 Å². The van der Waals surface area contributed by atoms with Crippen LogP contribution in [0.4, 0.5) is 0 Å². The van der Waals surface area contributed by atoms with Gasteiger partial charge in [0.05, 0.1) is 0 Å². The highest BCUT2D eigenvalue weighted by molar-refractivity contribution is 5.65. The number of rotatable bonds is 2. The Labute approximate surface area is 80.6 Å². The molecule has 0 aliphatic rings. The third-order valence-electron chi connectivity index (χ3n) is 2.01. The Hall–Kier alpha value is -1.30. The largest absolute Gasteiger partial charge is 0.0877 e. The van der Waals surface area contributed by atoms with Crippen LogP contribution in [0.5, 0.6) is 0 Å². The number of benzene rings is 1. The van der Waals surface area contributed by atoms with E-state index < -0.39 is 0 Å². The zero-order valence-electron chi connectivity index (χ0n) is 8.54. The van der Waals surface area contributed by atoms with Gasteiger partial charge in [-0.2, -0.15) is 0 Å². The van der Waals surface area contributed by atoms with Crippen LogP contribution >= 0.6 is 0 Å². The lowest BCUT2D eigenvalue weighted by Crippen LogP contribution is -1.79. The predicted molar refractivity (Wildman–Crippen MR) is 59.6 cm³/mol. The van der Waals surface area contributed by atoms with Crippen molar-refractivity contribution in [3.63, 3.8) is 0 Å². The summed E-state index contributed by atoms with van der Waals surface area (Å²) >= 11 is 0. The van der Waals surface area contributed by atoms with Crippen molar-refractivity contribution < 1.29 is 0 Å². The average molecular weight is 172 g/mol. The van der Waals surface area contributed by atoms with Gasteiger partial charge in [-0.1, -0.05) is 48.1 Å². The minimum atomic E-state index is 1.30. The molecular weight excluding hydrogens is 156 g/mol. The van der Waals surface area contributed by atoms with E-state index in [4.69, 9.17) is 0 Å². The fourth-order valence-electron chi connectivity index (χ4n) is 1.23. The lowest BCUT2D eigenvalue weighted by atomic mass is 10.0. The van der Waals surface area contributed by atoms with Crippen LogP contribution in [0, 0.1) is 6.92 Å². The first-order valence-corrected chi connectivity index (χ1v) is 4.60. The highest BCUT2D eigenvalue weighted by Gasteiger charge is 1.93. The summed E-state index contributed by atoms with van der Waals surface area (Å²) in [7, 11) is 0. The fourth-order valence-corrected chi connectivity index (χ4v) is 1.23. The Morgan fingerprint density at radius 2 is 2.08 bits per heavy atom. The summed E-state index contributed by atoms with van der Waals surface area (Å²) in [6, 6.07) is 8.56. The van der Waals surface area contributed by atoms with Crippen molar-refractivity contribution in [3.8, 4) is 0 Å². The molecular formula is C13H16. The van der Waals surface area contributed by atoms with Gasteiger partial charge >= 0.3 is 0 Å². The van der Waals surface area contributed by atoms with Crippen molar-refractivity contribution in [2.24, 2.45) is 0 Å². The first-order valence-electron chi connectivity index (χ1n) is 4.60. The minimum Gasteiger partial charge on any atom is -0.0877 e. The Bertz CT molecular complexity index is 330. The highest BCUT2D eigenvalue weighted by Crippen LogP contribution is 2.14. The van der Waals surface area contributed by atoms with Gasteiger partial charge in [-0.3, -0.25) is 0 Å². The maximum atomic E-state index is 2.20. The molecule has 0 fully saturated rings. The third-order valence-corrected chi connectivity index (χ3v) is 2.01. The van der Waals surface area contributed by atoms with E-state index >= 15 is 0 Å². The Morgan fingerprint density at radius 3 is 2.69 bits per heavy atom. The summed E-state index contributed by atoms with van der Waals surface area (Å²) < 4.78 is 0. The molecule has 0 aliphatic carbocycles. The molecule has 0 heteroatoms. The predicted octanol–water partition coefficient (Wildman–Crippen LogP) is 3.97. The molecule has 0 atom stereocenters. The SMILES string of the molecule is C/C=C\C=C(/C)c1cccc(C)c1. The van der Waals surface area contributed by atoms with Crippen LogP contribution < -0.4 is 0 Å². The highest BCUT2D eigenvalue weighted by atomic mass is 14.0. The first-order chi connectivity index (χ1) is 6.24. The molecule has 0 N–H and O–H groups in total. The van der Waals surface area contributed by atoms with Gasteiger partial charge in [0.15, 0.2) is 0 Å².